The second-order valence-electron chi connectivity index (χ2n) is 7.57. The molecular weight excluding hydrogens is 395 g/mol. The fourth-order valence-electron chi connectivity index (χ4n) is 3.54. The highest BCUT2D eigenvalue weighted by Gasteiger charge is 2.13. The maximum Gasteiger partial charge on any atom is 0.227 e. The molecule has 1 saturated heterocycles. The van der Waals surface area contributed by atoms with E-state index in [1.54, 1.807) is 30.7 Å². The summed E-state index contributed by atoms with van der Waals surface area (Å²) in [6.45, 7) is 6.08. The first-order valence-electron chi connectivity index (χ1n) is 10.6. The van der Waals surface area contributed by atoms with Gasteiger partial charge in [-0.15, -0.1) is 0 Å². The number of hydrogen-bond acceptors (Lipinski definition) is 8. The van der Waals surface area contributed by atoms with Crippen molar-refractivity contribution in [3.63, 3.8) is 0 Å². The third kappa shape index (κ3) is 6.08. The Hall–Kier alpha value is -3.33. The summed E-state index contributed by atoms with van der Waals surface area (Å²) in [6.07, 6.45) is 7.42. The molecule has 1 atom stereocenters. The van der Waals surface area contributed by atoms with Gasteiger partial charge >= 0.3 is 0 Å². The molecule has 1 fully saturated rings. The molecule has 0 aliphatic carbocycles. The molecule has 9 heteroatoms. The molecule has 3 heterocycles. The van der Waals surface area contributed by atoms with Gasteiger partial charge in [0.05, 0.1) is 12.2 Å². The molecule has 1 aromatic carbocycles. The summed E-state index contributed by atoms with van der Waals surface area (Å²) in [6, 6.07) is 8.17. The average Bonchev–Trinajstić information content (AvgIpc) is 3.28. The minimum absolute atomic E-state index is 0.0928. The van der Waals surface area contributed by atoms with Crippen molar-refractivity contribution in [2.24, 2.45) is 0 Å². The maximum absolute atomic E-state index is 13.2. The molecule has 8 nitrogen and oxygen atoms in total. The number of aromatic nitrogens is 4. The summed E-state index contributed by atoms with van der Waals surface area (Å²) < 4.78 is 13.2. The van der Waals surface area contributed by atoms with E-state index in [0.717, 1.165) is 37.6 Å². The van der Waals surface area contributed by atoms with Crippen LogP contribution in [0.4, 0.5) is 27.8 Å². The van der Waals surface area contributed by atoms with E-state index in [9.17, 15) is 4.39 Å². The number of anilines is 4. The Kier molecular flexibility index (Phi) is 6.83. The van der Waals surface area contributed by atoms with Gasteiger partial charge in [-0.2, -0.15) is 9.97 Å². The smallest absolute Gasteiger partial charge is 0.227 e. The first kappa shape index (κ1) is 20.9. The first-order valence-corrected chi connectivity index (χ1v) is 10.6. The van der Waals surface area contributed by atoms with Crippen molar-refractivity contribution in [1.82, 2.24) is 24.8 Å². The van der Waals surface area contributed by atoms with E-state index in [1.807, 2.05) is 13.0 Å². The molecule has 0 unspecified atom stereocenters. The van der Waals surface area contributed by atoms with Gasteiger partial charge in [0.1, 0.15) is 23.3 Å². The van der Waals surface area contributed by atoms with Crippen molar-refractivity contribution in [3.8, 4) is 0 Å². The molecular formula is C22H27FN8. The Balaban J connectivity index is 1.49. The van der Waals surface area contributed by atoms with E-state index in [0.29, 0.717) is 17.6 Å². The molecule has 162 valence electrons. The van der Waals surface area contributed by atoms with E-state index in [4.69, 9.17) is 0 Å². The van der Waals surface area contributed by atoms with Crippen LogP contribution in [0.1, 0.15) is 31.4 Å². The van der Waals surface area contributed by atoms with Crippen LogP contribution in [-0.4, -0.2) is 51.0 Å². The van der Waals surface area contributed by atoms with Crippen LogP contribution < -0.4 is 16.0 Å². The topological polar surface area (TPSA) is 90.9 Å². The van der Waals surface area contributed by atoms with Gasteiger partial charge in [0.15, 0.2) is 0 Å². The molecule has 3 aromatic rings. The van der Waals surface area contributed by atoms with Crippen molar-refractivity contribution in [2.75, 3.05) is 42.1 Å². The predicted molar refractivity (Wildman–Crippen MR) is 120 cm³/mol. The number of nitrogens with one attached hydrogen (secondary N) is 3. The summed E-state index contributed by atoms with van der Waals surface area (Å²) in [7, 11) is 0. The largest absolute Gasteiger partial charge is 0.369 e. The zero-order chi connectivity index (χ0) is 21.5. The van der Waals surface area contributed by atoms with Crippen LogP contribution in [0.25, 0.3) is 0 Å². The van der Waals surface area contributed by atoms with E-state index in [1.165, 1.54) is 25.0 Å². The van der Waals surface area contributed by atoms with E-state index >= 15 is 0 Å². The van der Waals surface area contributed by atoms with Crippen molar-refractivity contribution in [2.45, 2.75) is 25.8 Å². The summed E-state index contributed by atoms with van der Waals surface area (Å²) in [5, 5.41) is 9.88. The van der Waals surface area contributed by atoms with E-state index < -0.39 is 0 Å². The van der Waals surface area contributed by atoms with Crippen molar-refractivity contribution in [1.29, 1.82) is 0 Å². The van der Waals surface area contributed by atoms with Crippen LogP contribution in [0.3, 0.4) is 0 Å². The highest BCUT2D eigenvalue weighted by molar-refractivity contribution is 5.58. The van der Waals surface area contributed by atoms with Gasteiger partial charge in [0.2, 0.25) is 5.95 Å². The summed E-state index contributed by atoms with van der Waals surface area (Å²) in [5.74, 6) is 2.13. The van der Waals surface area contributed by atoms with Gasteiger partial charge in [0.25, 0.3) is 0 Å². The van der Waals surface area contributed by atoms with Gasteiger partial charge in [-0.05, 0) is 50.6 Å². The zero-order valence-corrected chi connectivity index (χ0v) is 17.6. The SMILES string of the molecule is C[C@H](Nc1nc(NCCN2CCCC2)cc(Nc2cnccn2)n1)c1ccc(F)cc1. The van der Waals surface area contributed by atoms with Crippen LogP contribution in [0.5, 0.6) is 0 Å². The highest BCUT2D eigenvalue weighted by atomic mass is 19.1. The number of nitrogens with zero attached hydrogens (tertiary/aromatic N) is 5. The maximum atomic E-state index is 13.2. The van der Waals surface area contributed by atoms with Gasteiger partial charge in [-0.1, -0.05) is 12.1 Å². The second-order valence-corrected chi connectivity index (χ2v) is 7.57. The number of likely N-dealkylation sites (tertiary alicyclic amines) is 1. The van der Waals surface area contributed by atoms with Gasteiger partial charge in [0, 0.05) is 31.5 Å². The molecule has 1 aliphatic heterocycles. The number of hydrogen-bond donors (Lipinski definition) is 3. The minimum atomic E-state index is -0.258. The molecule has 4 rings (SSSR count). The van der Waals surface area contributed by atoms with Crippen LogP contribution in [0, 0.1) is 5.82 Å². The Bertz CT molecular complexity index is 961. The number of benzene rings is 1. The molecule has 2 aromatic heterocycles. The highest BCUT2D eigenvalue weighted by Crippen LogP contribution is 2.22. The van der Waals surface area contributed by atoms with Crippen LogP contribution in [0.15, 0.2) is 48.9 Å². The molecule has 0 saturated carbocycles. The summed E-state index contributed by atoms with van der Waals surface area (Å²) in [4.78, 5) is 20.0. The molecule has 1 aliphatic rings. The van der Waals surface area contributed by atoms with Crippen molar-refractivity contribution < 1.29 is 4.39 Å². The van der Waals surface area contributed by atoms with Crippen LogP contribution >= 0.6 is 0 Å². The zero-order valence-electron chi connectivity index (χ0n) is 17.6. The summed E-state index contributed by atoms with van der Waals surface area (Å²) in [5.41, 5.74) is 0.945. The van der Waals surface area contributed by atoms with Gasteiger partial charge < -0.3 is 20.9 Å². The summed E-state index contributed by atoms with van der Waals surface area (Å²) >= 11 is 0. The first-order chi connectivity index (χ1) is 15.2. The minimum Gasteiger partial charge on any atom is -0.369 e. The van der Waals surface area contributed by atoms with Crippen molar-refractivity contribution >= 4 is 23.4 Å². The Morgan fingerprint density at radius 1 is 1.03 bits per heavy atom. The normalized spacial score (nSPS) is 14.9. The third-order valence-electron chi connectivity index (χ3n) is 5.19. The van der Waals surface area contributed by atoms with Gasteiger partial charge in [-0.3, -0.25) is 4.98 Å². The second kappa shape index (κ2) is 10.1. The monoisotopic (exact) mass is 422 g/mol. The lowest BCUT2D eigenvalue weighted by molar-refractivity contribution is 0.352. The van der Waals surface area contributed by atoms with Crippen LogP contribution in [0.2, 0.25) is 0 Å². The van der Waals surface area contributed by atoms with Crippen molar-refractivity contribution in [3.05, 3.63) is 60.3 Å². The lowest BCUT2D eigenvalue weighted by atomic mass is 10.1. The van der Waals surface area contributed by atoms with Gasteiger partial charge in [-0.25, -0.2) is 9.37 Å². The molecule has 0 spiro atoms. The Morgan fingerprint density at radius 3 is 2.55 bits per heavy atom. The van der Waals surface area contributed by atoms with E-state index in [-0.39, 0.29) is 11.9 Å². The molecule has 0 bridgehead atoms. The predicted octanol–water partition coefficient (Wildman–Crippen LogP) is 3.83. The lowest BCUT2D eigenvalue weighted by Crippen LogP contribution is -2.26. The average molecular weight is 423 g/mol. The number of rotatable bonds is 9. The third-order valence-corrected chi connectivity index (χ3v) is 5.19. The lowest BCUT2D eigenvalue weighted by Gasteiger charge is -2.18. The fraction of sp³-hybridized carbons (Fsp3) is 0.364. The fourth-order valence-corrected chi connectivity index (χ4v) is 3.54. The molecule has 0 amide bonds. The number of halogens is 1. The van der Waals surface area contributed by atoms with Crippen LogP contribution in [-0.2, 0) is 0 Å². The molecule has 0 radical (unpaired) electrons. The molecule has 3 N–H and O–H groups in total. The van der Waals surface area contributed by atoms with E-state index in [2.05, 4.69) is 40.8 Å². The quantitative estimate of drug-likeness (QED) is 0.479. The Morgan fingerprint density at radius 2 is 1.81 bits per heavy atom. The Labute approximate surface area is 181 Å². The standard InChI is InChI=1S/C22H27FN8/c1-16(17-4-6-18(23)7-5-17)27-22-29-19(26-10-13-31-11-2-3-12-31)14-20(30-22)28-21-15-24-8-9-25-21/h4-9,14-16H,2-3,10-13H2,1H3,(H3,25,26,27,28,29,30)/t16-/m0/s1. The molecule has 31 heavy (non-hydrogen) atoms.